The molecule has 2 saturated carbocycles. The van der Waals surface area contributed by atoms with Crippen molar-refractivity contribution in [2.24, 2.45) is 11.8 Å². The third-order valence-corrected chi connectivity index (χ3v) is 5.61. The van der Waals surface area contributed by atoms with Gasteiger partial charge in [0.05, 0.1) is 6.33 Å². The zero-order chi connectivity index (χ0) is 17.0. The van der Waals surface area contributed by atoms with Crippen LogP contribution >= 0.6 is 0 Å². The fourth-order valence-electron chi connectivity index (χ4n) is 4.40. The molecule has 0 unspecified atom stereocenters. The van der Waals surface area contributed by atoms with Crippen molar-refractivity contribution in [2.45, 2.75) is 38.3 Å². The van der Waals surface area contributed by atoms with Gasteiger partial charge in [0, 0.05) is 5.39 Å². The molecule has 0 saturated heterocycles. The van der Waals surface area contributed by atoms with Gasteiger partial charge in [-0.1, -0.05) is 12.1 Å². The molecule has 2 aliphatic carbocycles. The van der Waals surface area contributed by atoms with Crippen LogP contribution in [0.2, 0.25) is 0 Å². The van der Waals surface area contributed by atoms with Crippen molar-refractivity contribution in [1.82, 2.24) is 9.55 Å². The second-order valence-electron chi connectivity index (χ2n) is 7.16. The number of furan rings is 1. The average molecular weight is 338 g/mol. The van der Waals surface area contributed by atoms with Crippen LogP contribution in [0.3, 0.4) is 0 Å². The molecular weight excluding hydrogens is 320 g/mol. The number of carbonyl (C=O) groups is 1. The Hall–Kier alpha value is -2.63. The summed E-state index contributed by atoms with van der Waals surface area (Å²) in [5.41, 5.74) is 0.963. The highest BCUT2D eigenvalue weighted by molar-refractivity contribution is 6.01. The van der Waals surface area contributed by atoms with Gasteiger partial charge < -0.3 is 9.15 Å². The van der Waals surface area contributed by atoms with Crippen molar-refractivity contribution in [1.29, 1.82) is 0 Å². The van der Waals surface area contributed by atoms with Crippen LogP contribution in [0.1, 0.15) is 25.7 Å². The first-order valence-corrected chi connectivity index (χ1v) is 8.75. The number of ether oxygens (including phenoxy) is 1. The van der Waals surface area contributed by atoms with Gasteiger partial charge in [-0.05, 0) is 49.7 Å². The van der Waals surface area contributed by atoms with E-state index in [-0.39, 0.29) is 29.8 Å². The molecule has 3 aromatic rings. The lowest BCUT2D eigenvalue weighted by Crippen LogP contribution is -2.30. The first-order chi connectivity index (χ1) is 12.2. The number of aromatic nitrogens is 2. The Labute approximate surface area is 143 Å². The minimum Gasteiger partial charge on any atom is -0.461 e. The lowest BCUT2D eigenvalue weighted by molar-refractivity contribution is -0.152. The minimum atomic E-state index is -0.378. The van der Waals surface area contributed by atoms with Crippen LogP contribution in [0.4, 0.5) is 0 Å². The topological polar surface area (TPSA) is 74.3 Å². The lowest BCUT2D eigenvalue weighted by atomic mass is 9.98. The third-order valence-electron chi connectivity index (χ3n) is 5.61. The molecule has 25 heavy (non-hydrogen) atoms. The fraction of sp³-hybridized carbons (Fsp3) is 0.421. The van der Waals surface area contributed by atoms with Gasteiger partial charge in [-0.2, -0.15) is 0 Å². The summed E-state index contributed by atoms with van der Waals surface area (Å²) >= 11 is 0. The summed E-state index contributed by atoms with van der Waals surface area (Å²) in [7, 11) is 0. The molecule has 6 nitrogen and oxygen atoms in total. The van der Waals surface area contributed by atoms with Crippen LogP contribution in [0.5, 0.6) is 0 Å². The molecule has 2 fully saturated rings. The molecule has 128 valence electrons. The minimum absolute atomic E-state index is 0.0184. The standard InChI is InChI=1S/C19H18N2O4/c22-16(24-15-8-11-5-6-12(15)7-11)9-21-10-20-17-13-3-1-2-4-14(13)25-18(17)19(21)23/h1-4,10-12,15H,5-9H2/t11-,12-,15+/m0/s1. The number of hydrogen-bond acceptors (Lipinski definition) is 5. The quantitative estimate of drug-likeness (QED) is 0.687. The predicted molar refractivity (Wildman–Crippen MR) is 91.1 cm³/mol. The Morgan fingerprint density at radius 1 is 1.28 bits per heavy atom. The average Bonchev–Trinajstić information content (AvgIpc) is 3.31. The number of benzene rings is 1. The smallest absolute Gasteiger partial charge is 0.326 e. The molecule has 2 aromatic heterocycles. The SMILES string of the molecule is O=C(Cn1cnc2c(oc3ccccc32)c1=O)O[C@@H]1C[C@H]2CC[C@H]1C2. The van der Waals surface area contributed by atoms with E-state index in [0.717, 1.165) is 18.2 Å². The molecule has 2 heterocycles. The van der Waals surface area contributed by atoms with Crippen LogP contribution in [0.15, 0.2) is 39.8 Å². The number of rotatable bonds is 3. The number of fused-ring (bicyclic) bond motifs is 5. The van der Waals surface area contributed by atoms with E-state index in [9.17, 15) is 9.59 Å². The van der Waals surface area contributed by atoms with Crippen molar-refractivity contribution in [2.75, 3.05) is 0 Å². The van der Waals surface area contributed by atoms with Crippen LogP contribution in [0.25, 0.3) is 22.1 Å². The highest BCUT2D eigenvalue weighted by Crippen LogP contribution is 2.45. The Bertz CT molecular complexity index is 1030. The predicted octanol–water partition coefficient (Wildman–Crippen LogP) is 2.87. The Kier molecular flexibility index (Phi) is 3.20. The lowest BCUT2D eigenvalue weighted by Gasteiger charge is -2.21. The number of esters is 1. The van der Waals surface area contributed by atoms with Gasteiger partial charge in [-0.15, -0.1) is 0 Å². The van der Waals surface area contributed by atoms with E-state index in [0.29, 0.717) is 22.9 Å². The molecule has 2 aliphatic rings. The largest absolute Gasteiger partial charge is 0.461 e. The van der Waals surface area contributed by atoms with Crippen molar-refractivity contribution in [3.8, 4) is 0 Å². The van der Waals surface area contributed by atoms with Crippen LogP contribution in [-0.4, -0.2) is 21.6 Å². The van der Waals surface area contributed by atoms with E-state index in [2.05, 4.69) is 4.98 Å². The molecule has 0 N–H and O–H groups in total. The zero-order valence-corrected chi connectivity index (χ0v) is 13.7. The number of para-hydroxylation sites is 1. The second kappa shape index (κ2) is 5.44. The normalized spacial score (nSPS) is 25.0. The molecule has 0 aliphatic heterocycles. The van der Waals surface area contributed by atoms with Gasteiger partial charge in [-0.3, -0.25) is 14.2 Å². The van der Waals surface area contributed by atoms with Gasteiger partial charge in [0.15, 0.2) is 0 Å². The van der Waals surface area contributed by atoms with Gasteiger partial charge >= 0.3 is 5.97 Å². The van der Waals surface area contributed by atoms with Gasteiger partial charge in [0.25, 0.3) is 5.56 Å². The second-order valence-corrected chi connectivity index (χ2v) is 7.16. The molecule has 0 radical (unpaired) electrons. The maximum Gasteiger partial charge on any atom is 0.326 e. The fourth-order valence-corrected chi connectivity index (χ4v) is 4.40. The van der Waals surface area contributed by atoms with Crippen LogP contribution in [0, 0.1) is 11.8 Å². The molecule has 5 rings (SSSR count). The van der Waals surface area contributed by atoms with E-state index in [1.807, 2.05) is 18.2 Å². The molecule has 2 bridgehead atoms. The summed E-state index contributed by atoms with van der Waals surface area (Å²) < 4.78 is 12.5. The highest BCUT2D eigenvalue weighted by atomic mass is 16.5. The van der Waals surface area contributed by atoms with E-state index in [1.54, 1.807) is 6.07 Å². The number of hydrogen-bond donors (Lipinski definition) is 0. The van der Waals surface area contributed by atoms with Crippen molar-refractivity contribution in [3.63, 3.8) is 0 Å². The molecule has 0 amide bonds. The zero-order valence-electron chi connectivity index (χ0n) is 13.7. The Morgan fingerprint density at radius 2 is 2.16 bits per heavy atom. The first kappa shape index (κ1) is 14.7. The van der Waals surface area contributed by atoms with Gasteiger partial charge in [0.1, 0.15) is 23.7 Å². The number of nitrogens with zero attached hydrogens (tertiary/aromatic N) is 2. The van der Waals surface area contributed by atoms with Crippen molar-refractivity contribution < 1.29 is 13.9 Å². The van der Waals surface area contributed by atoms with Gasteiger partial charge in [-0.25, -0.2) is 4.98 Å². The maximum absolute atomic E-state index is 12.6. The summed E-state index contributed by atoms with van der Waals surface area (Å²) in [6.45, 7) is -0.132. The summed E-state index contributed by atoms with van der Waals surface area (Å²) in [5.74, 6) is 0.831. The Morgan fingerprint density at radius 3 is 2.96 bits per heavy atom. The molecule has 6 heteroatoms. The van der Waals surface area contributed by atoms with Crippen LogP contribution < -0.4 is 5.56 Å². The first-order valence-electron chi connectivity index (χ1n) is 8.75. The van der Waals surface area contributed by atoms with Gasteiger partial charge in [0.2, 0.25) is 5.58 Å². The summed E-state index contributed by atoms with van der Waals surface area (Å²) in [5, 5.41) is 0.798. The summed E-state index contributed by atoms with van der Waals surface area (Å²) in [4.78, 5) is 29.2. The molecule has 3 atom stereocenters. The van der Waals surface area contributed by atoms with Crippen LogP contribution in [-0.2, 0) is 16.1 Å². The third kappa shape index (κ3) is 2.35. The summed E-state index contributed by atoms with van der Waals surface area (Å²) in [6, 6.07) is 7.37. The van der Waals surface area contributed by atoms with E-state index >= 15 is 0 Å². The summed E-state index contributed by atoms with van der Waals surface area (Å²) in [6.07, 6.45) is 5.95. The van der Waals surface area contributed by atoms with E-state index < -0.39 is 0 Å². The molecular formula is C19H18N2O4. The Balaban J connectivity index is 1.41. The molecule has 1 aromatic carbocycles. The highest BCUT2D eigenvalue weighted by Gasteiger charge is 2.41. The van der Waals surface area contributed by atoms with Crippen molar-refractivity contribution in [3.05, 3.63) is 40.9 Å². The van der Waals surface area contributed by atoms with E-state index in [1.165, 1.54) is 23.7 Å². The maximum atomic E-state index is 12.6. The monoisotopic (exact) mass is 338 g/mol. The number of carbonyl (C=O) groups excluding carboxylic acids is 1. The van der Waals surface area contributed by atoms with Crippen molar-refractivity contribution >= 4 is 28.0 Å². The van der Waals surface area contributed by atoms with E-state index in [4.69, 9.17) is 9.15 Å². The molecule has 0 spiro atoms.